The molecule has 0 aliphatic heterocycles. The van der Waals surface area contributed by atoms with Gasteiger partial charge in [-0.3, -0.25) is 0 Å². The van der Waals surface area contributed by atoms with Gasteiger partial charge in [0.1, 0.15) is 28.9 Å². The first-order valence-electron chi connectivity index (χ1n) is 7.45. The first-order chi connectivity index (χ1) is 10.3. The van der Waals surface area contributed by atoms with E-state index in [-0.39, 0.29) is 0 Å². The molecular weight excluding hydrogens is 288 g/mol. The molecule has 2 saturated carbocycles. The molecule has 0 saturated heterocycles. The minimum absolute atomic E-state index is 0.503. The van der Waals surface area contributed by atoms with E-state index in [2.05, 4.69) is 30.0 Å². The van der Waals surface area contributed by atoms with Crippen LogP contribution in [0.5, 0.6) is 0 Å². The highest BCUT2D eigenvalue weighted by molar-refractivity contribution is 6.29. The molecule has 0 radical (unpaired) electrons. The monoisotopic (exact) mass is 304 g/mol. The minimum Gasteiger partial charge on any atom is -0.368 e. The van der Waals surface area contributed by atoms with Gasteiger partial charge in [-0.2, -0.15) is 0 Å². The average Bonchev–Trinajstić information content (AvgIpc) is 3.37. The summed E-state index contributed by atoms with van der Waals surface area (Å²) in [5.74, 6) is 3.90. The van der Waals surface area contributed by atoms with Crippen LogP contribution in [0.25, 0.3) is 0 Å². The zero-order valence-corrected chi connectivity index (χ0v) is 12.4. The molecule has 21 heavy (non-hydrogen) atoms. The summed E-state index contributed by atoms with van der Waals surface area (Å²) in [4.78, 5) is 8.83. The SMILES string of the molecule is Clc1cc(NCCn2cnnc2C2CC2)nc(C2CC2)n1. The van der Waals surface area contributed by atoms with Gasteiger partial charge in [0.05, 0.1) is 0 Å². The van der Waals surface area contributed by atoms with Crippen LogP contribution in [0.3, 0.4) is 0 Å². The van der Waals surface area contributed by atoms with Gasteiger partial charge in [0.25, 0.3) is 0 Å². The summed E-state index contributed by atoms with van der Waals surface area (Å²) < 4.78 is 2.12. The molecule has 7 heteroatoms. The topological polar surface area (TPSA) is 68.5 Å². The maximum absolute atomic E-state index is 6.06. The fraction of sp³-hybridized carbons (Fsp3) is 0.571. The number of rotatable bonds is 6. The smallest absolute Gasteiger partial charge is 0.135 e. The van der Waals surface area contributed by atoms with Gasteiger partial charge in [-0.1, -0.05) is 11.6 Å². The van der Waals surface area contributed by atoms with Crippen molar-refractivity contribution in [3.05, 3.63) is 29.2 Å². The Morgan fingerprint density at radius 3 is 2.76 bits per heavy atom. The van der Waals surface area contributed by atoms with Gasteiger partial charge in [-0.25, -0.2) is 9.97 Å². The zero-order chi connectivity index (χ0) is 14.2. The molecule has 2 fully saturated rings. The molecule has 2 aliphatic carbocycles. The maximum Gasteiger partial charge on any atom is 0.135 e. The van der Waals surface area contributed by atoms with Crippen molar-refractivity contribution in [1.82, 2.24) is 24.7 Å². The molecular formula is C14H17ClN6. The zero-order valence-electron chi connectivity index (χ0n) is 11.7. The Balaban J connectivity index is 1.39. The largest absolute Gasteiger partial charge is 0.368 e. The first-order valence-corrected chi connectivity index (χ1v) is 7.83. The van der Waals surface area contributed by atoms with Crippen LogP contribution in [0.15, 0.2) is 12.4 Å². The molecule has 0 unspecified atom stereocenters. The van der Waals surface area contributed by atoms with Crippen LogP contribution >= 0.6 is 11.6 Å². The van der Waals surface area contributed by atoms with E-state index < -0.39 is 0 Å². The van der Waals surface area contributed by atoms with Crippen molar-refractivity contribution >= 4 is 17.4 Å². The highest BCUT2D eigenvalue weighted by atomic mass is 35.5. The molecule has 0 aromatic carbocycles. The molecule has 6 nitrogen and oxygen atoms in total. The van der Waals surface area contributed by atoms with Gasteiger partial charge >= 0.3 is 0 Å². The Bertz CT molecular complexity index is 647. The van der Waals surface area contributed by atoms with E-state index in [0.29, 0.717) is 17.0 Å². The highest BCUT2D eigenvalue weighted by Gasteiger charge is 2.28. The van der Waals surface area contributed by atoms with Crippen molar-refractivity contribution in [1.29, 1.82) is 0 Å². The van der Waals surface area contributed by atoms with Crippen molar-refractivity contribution in [2.45, 2.75) is 44.1 Å². The van der Waals surface area contributed by atoms with Gasteiger partial charge in [0.2, 0.25) is 0 Å². The highest BCUT2D eigenvalue weighted by Crippen LogP contribution is 2.39. The van der Waals surface area contributed by atoms with Crippen molar-refractivity contribution in [3.63, 3.8) is 0 Å². The third kappa shape index (κ3) is 3.00. The van der Waals surface area contributed by atoms with Gasteiger partial charge in [-0.15, -0.1) is 10.2 Å². The number of hydrogen-bond donors (Lipinski definition) is 1. The van der Waals surface area contributed by atoms with Crippen LogP contribution in [0.4, 0.5) is 5.82 Å². The summed E-state index contributed by atoms with van der Waals surface area (Å²) in [7, 11) is 0. The van der Waals surface area contributed by atoms with E-state index in [1.807, 2.05) is 0 Å². The summed E-state index contributed by atoms with van der Waals surface area (Å²) in [6, 6.07) is 1.78. The standard InChI is InChI=1S/C14H17ClN6/c15-11-7-12(19-13(18-11)9-1-2-9)16-5-6-21-8-17-20-14(21)10-3-4-10/h7-10H,1-6H2,(H,16,18,19). The number of anilines is 1. The maximum atomic E-state index is 6.06. The van der Waals surface area contributed by atoms with Crippen molar-refractivity contribution < 1.29 is 0 Å². The molecule has 1 N–H and O–H groups in total. The second-order valence-electron chi connectivity index (χ2n) is 5.79. The number of aromatic nitrogens is 5. The van der Waals surface area contributed by atoms with Crippen LogP contribution in [-0.2, 0) is 6.54 Å². The molecule has 2 aliphatic rings. The van der Waals surface area contributed by atoms with E-state index >= 15 is 0 Å². The molecule has 4 rings (SSSR count). The Kier molecular flexibility index (Phi) is 3.25. The Morgan fingerprint density at radius 2 is 2.00 bits per heavy atom. The second kappa shape index (κ2) is 5.26. The normalized spacial score (nSPS) is 18.0. The van der Waals surface area contributed by atoms with E-state index in [1.165, 1.54) is 25.7 Å². The quantitative estimate of drug-likeness (QED) is 0.831. The van der Waals surface area contributed by atoms with Crippen LogP contribution in [0.2, 0.25) is 5.15 Å². The summed E-state index contributed by atoms with van der Waals surface area (Å²) in [6.45, 7) is 1.61. The number of hydrogen-bond acceptors (Lipinski definition) is 5. The Morgan fingerprint density at radius 1 is 1.19 bits per heavy atom. The van der Waals surface area contributed by atoms with Crippen LogP contribution in [-0.4, -0.2) is 31.3 Å². The van der Waals surface area contributed by atoms with Crippen molar-refractivity contribution in [3.8, 4) is 0 Å². The predicted octanol–water partition coefficient (Wildman–Crippen LogP) is 2.59. The van der Waals surface area contributed by atoms with E-state index in [9.17, 15) is 0 Å². The molecule has 2 aromatic heterocycles. The van der Waals surface area contributed by atoms with Crippen LogP contribution in [0, 0.1) is 0 Å². The molecule has 0 bridgehead atoms. The fourth-order valence-electron chi connectivity index (χ4n) is 2.45. The molecule has 110 valence electrons. The second-order valence-corrected chi connectivity index (χ2v) is 6.18. The molecule has 2 heterocycles. The number of nitrogens with one attached hydrogen (secondary N) is 1. The van der Waals surface area contributed by atoms with E-state index in [1.54, 1.807) is 12.4 Å². The Labute approximate surface area is 128 Å². The van der Waals surface area contributed by atoms with Gasteiger partial charge in [0, 0.05) is 31.0 Å². The predicted molar refractivity (Wildman–Crippen MR) is 79.5 cm³/mol. The molecule has 0 spiro atoms. The first kappa shape index (κ1) is 13.0. The number of halogens is 1. The molecule has 2 aromatic rings. The summed E-state index contributed by atoms with van der Waals surface area (Å²) >= 11 is 6.06. The lowest BCUT2D eigenvalue weighted by atomic mass is 10.4. The third-order valence-electron chi connectivity index (χ3n) is 3.90. The third-order valence-corrected chi connectivity index (χ3v) is 4.10. The van der Waals surface area contributed by atoms with Crippen LogP contribution in [0.1, 0.15) is 49.2 Å². The van der Waals surface area contributed by atoms with Gasteiger partial charge in [0.15, 0.2) is 0 Å². The number of nitrogens with zero attached hydrogens (tertiary/aromatic N) is 5. The van der Waals surface area contributed by atoms with Gasteiger partial charge < -0.3 is 9.88 Å². The summed E-state index contributed by atoms with van der Waals surface area (Å²) in [5.41, 5.74) is 0. The molecule has 0 atom stereocenters. The summed E-state index contributed by atoms with van der Waals surface area (Å²) in [5, 5.41) is 12.0. The lowest BCUT2D eigenvalue weighted by molar-refractivity contribution is 0.675. The molecule has 0 amide bonds. The van der Waals surface area contributed by atoms with E-state index in [4.69, 9.17) is 11.6 Å². The Hall–Kier alpha value is -1.69. The minimum atomic E-state index is 0.503. The lowest BCUT2D eigenvalue weighted by Gasteiger charge is -2.09. The average molecular weight is 305 g/mol. The van der Waals surface area contributed by atoms with Crippen LogP contribution < -0.4 is 5.32 Å². The van der Waals surface area contributed by atoms with E-state index in [0.717, 1.165) is 30.6 Å². The van der Waals surface area contributed by atoms with Crippen molar-refractivity contribution in [2.75, 3.05) is 11.9 Å². The lowest BCUT2D eigenvalue weighted by Crippen LogP contribution is -2.13. The van der Waals surface area contributed by atoms with Crippen molar-refractivity contribution in [2.24, 2.45) is 0 Å². The van der Waals surface area contributed by atoms with Gasteiger partial charge in [-0.05, 0) is 25.7 Å². The summed E-state index contributed by atoms with van der Waals surface area (Å²) in [6.07, 6.45) is 6.62. The fourth-order valence-corrected chi connectivity index (χ4v) is 2.64.